The summed E-state index contributed by atoms with van der Waals surface area (Å²) < 4.78 is 0. The van der Waals surface area contributed by atoms with E-state index in [1.165, 1.54) is 12.5 Å². The molecule has 1 heterocycles. The first-order valence-electron chi connectivity index (χ1n) is 7.20. The molecule has 1 saturated heterocycles. The third-order valence-electron chi connectivity index (χ3n) is 4.17. The summed E-state index contributed by atoms with van der Waals surface area (Å²) in [4.78, 5) is 12.9. The number of non-ortho nitro benzene ring substituents is 1. The molecular formula is C15H21ClN2O2. The maximum Gasteiger partial charge on any atom is 0.271 e. The van der Waals surface area contributed by atoms with Gasteiger partial charge in [-0.3, -0.25) is 10.1 Å². The van der Waals surface area contributed by atoms with Gasteiger partial charge in [-0.15, -0.1) is 0 Å². The molecule has 0 N–H and O–H groups in total. The van der Waals surface area contributed by atoms with Crippen LogP contribution in [-0.4, -0.2) is 17.0 Å². The van der Waals surface area contributed by atoms with E-state index in [0.717, 1.165) is 30.5 Å². The first-order valence-corrected chi connectivity index (χ1v) is 7.58. The molecule has 1 aromatic carbocycles. The molecule has 20 heavy (non-hydrogen) atoms. The minimum absolute atomic E-state index is 0.0768. The highest BCUT2D eigenvalue weighted by atomic mass is 35.5. The van der Waals surface area contributed by atoms with Crippen LogP contribution in [0.4, 0.5) is 11.4 Å². The van der Waals surface area contributed by atoms with Crippen LogP contribution in [0.5, 0.6) is 0 Å². The van der Waals surface area contributed by atoms with E-state index in [1.807, 2.05) is 6.92 Å². The van der Waals surface area contributed by atoms with Crippen molar-refractivity contribution >= 4 is 23.0 Å². The molecule has 1 aliphatic heterocycles. The zero-order valence-corrected chi connectivity index (χ0v) is 13.0. The van der Waals surface area contributed by atoms with E-state index in [1.54, 1.807) is 6.07 Å². The minimum atomic E-state index is -0.377. The SMILES string of the molecule is CCc1cc([N+](=O)[O-])cc(Cl)c1N1[C@H](C)CCC[C@@H]1C. The summed E-state index contributed by atoms with van der Waals surface area (Å²) in [6.07, 6.45) is 4.25. The van der Waals surface area contributed by atoms with Crippen molar-refractivity contribution in [2.75, 3.05) is 4.90 Å². The first-order chi connectivity index (χ1) is 9.45. The number of anilines is 1. The standard InChI is InChI=1S/C15H21ClN2O2/c1-4-12-8-13(18(19)20)9-14(16)15(12)17-10(2)6-5-7-11(17)3/h8-11H,4-7H2,1-3H3/t10-,11+. The number of nitrogens with zero attached hydrogens (tertiary/aromatic N) is 2. The Morgan fingerprint density at radius 2 is 1.95 bits per heavy atom. The maximum absolute atomic E-state index is 11.0. The van der Waals surface area contributed by atoms with Gasteiger partial charge >= 0.3 is 0 Å². The van der Waals surface area contributed by atoms with Gasteiger partial charge in [0.2, 0.25) is 0 Å². The molecule has 0 amide bonds. The lowest BCUT2D eigenvalue weighted by Gasteiger charge is -2.42. The number of nitro groups is 1. The highest BCUT2D eigenvalue weighted by Crippen LogP contribution is 2.39. The number of nitro benzene ring substituents is 1. The molecule has 0 bridgehead atoms. The van der Waals surface area contributed by atoms with Crippen molar-refractivity contribution in [1.82, 2.24) is 0 Å². The number of halogens is 1. The second-order valence-electron chi connectivity index (χ2n) is 5.58. The number of benzene rings is 1. The van der Waals surface area contributed by atoms with Gasteiger partial charge < -0.3 is 4.90 Å². The highest BCUT2D eigenvalue weighted by Gasteiger charge is 2.29. The average molecular weight is 297 g/mol. The van der Waals surface area contributed by atoms with Gasteiger partial charge in [-0.1, -0.05) is 18.5 Å². The van der Waals surface area contributed by atoms with Gasteiger partial charge in [0.1, 0.15) is 0 Å². The van der Waals surface area contributed by atoms with Crippen LogP contribution in [0.2, 0.25) is 5.02 Å². The molecule has 0 aliphatic carbocycles. The van der Waals surface area contributed by atoms with E-state index < -0.39 is 0 Å². The number of rotatable bonds is 3. The van der Waals surface area contributed by atoms with Gasteiger partial charge in [-0.25, -0.2) is 0 Å². The molecule has 0 spiro atoms. The zero-order valence-electron chi connectivity index (χ0n) is 12.2. The van der Waals surface area contributed by atoms with Gasteiger partial charge in [0.15, 0.2) is 0 Å². The molecule has 0 radical (unpaired) electrons. The number of aryl methyl sites for hydroxylation is 1. The fourth-order valence-electron chi connectivity index (χ4n) is 3.17. The largest absolute Gasteiger partial charge is 0.365 e. The van der Waals surface area contributed by atoms with Crippen LogP contribution in [0.3, 0.4) is 0 Å². The Bertz CT molecular complexity index is 509. The van der Waals surface area contributed by atoms with Crippen LogP contribution in [-0.2, 0) is 6.42 Å². The van der Waals surface area contributed by atoms with Gasteiger partial charge in [0.05, 0.1) is 15.6 Å². The van der Waals surface area contributed by atoms with E-state index >= 15 is 0 Å². The molecule has 0 aromatic heterocycles. The monoisotopic (exact) mass is 296 g/mol. The summed E-state index contributed by atoms with van der Waals surface area (Å²) in [6.45, 7) is 6.41. The second-order valence-corrected chi connectivity index (χ2v) is 5.99. The molecule has 5 heteroatoms. The Morgan fingerprint density at radius 3 is 2.45 bits per heavy atom. The van der Waals surface area contributed by atoms with Crippen LogP contribution in [0.1, 0.15) is 45.6 Å². The van der Waals surface area contributed by atoms with E-state index in [4.69, 9.17) is 11.6 Å². The fourth-order valence-corrected chi connectivity index (χ4v) is 3.50. The second kappa shape index (κ2) is 6.00. The molecule has 110 valence electrons. The molecule has 1 fully saturated rings. The third-order valence-corrected chi connectivity index (χ3v) is 4.46. The van der Waals surface area contributed by atoms with E-state index in [9.17, 15) is 10.1 Å². The quantitative estimate of drug-likeness (QED) is 0.606. The average Bonchev–Trinajstić information content (AvgIpc) is 2.39. The zero-order chi connectivity index (χ0) is 14.9. The topological polar surface area (TPSA) is 46.4 Å². The predicted octanol–water partition coefficient (Wildman–Crippen LogP) is 4.58. The lowest BCUT2D eigenvalue weighted by atomic mass is 9.95. The van der Waals surface area contributed by atoms with Crippen molar-refractivity contribution in [3.05, 3.63) is 32.8 Å². The van der Waals surface area contributed by atoms with Crippen molar-refractivity contribution < 1.29 is 4.92 Å². The molecule has 1 aromatic rings. The van der Waals surface area contributed by atoms with Crippen LogP contribution < -0.4 is 4.90 Å². The lowest BCUT2D eigenvalue weighted by Crippen LogP contribution is -2.44. The Kier molecular flexibility index (Phi) is 4.53. The summed E-state index contributed by atoms with van der Waals surface area (Å²) in [5.41, 5.74) is 2.03. The smallest absolute Gasteiger partial charge is 0.271 e. The Labute approximate surface area is 124 Å². The summed E-state index contributed by atoms with van der Waals surface area (Å²) >= 11 is 6.38. The maximum atomic E-state index is 11.0. The van der Waals surface area contributed by atoms with Gasteiger partial charge in [0, 0.05) is 24.2 Å². The molecule has 2 atom stereocenters. The van der Waals surface area contributed by atoms with Crippen molar-refractivity contribution in [2.45, 2.75) is 58.5 Å². The molecule has 0 unspecified atom stereocenters. The lowest BCUT2D eigenvalue weighted by molar-refractivity contribution is -0.384. The molecular weight excluding hydrogens is 276 g/mol. The van der Waals surface area contributed by atoms with Gasteiger partial charge in [-0.05, 0) is 45.1 Å². The van der Waals surface area contributed by atoms with E-state index in [0.29, 0.717) is 17.1 Å². The van der Waals surface area contributed by atoms with Crippen molar-refractivity contribution in [3.8, 4) is 0 Å². The van der Waals surface area contributed by atoms with Crippen molar-refractivity contribution in [1.29, 1.82) is 0 Å². The van der Waals surface area contributed by atoms with Gasteiger partial charge in [-0.2, -0.15) is 0 Å². The van der Waals surface area contributed by atoms with Gasteiger partial charge in [0.25, 0.3) is 5.69 Å². The Morgan fingerprint density at radius 1 is 1.35 bits per heavy atom. The summed E-state index contributed by atoms with van der Waals surface area (Å²) in [5, 5.41) is 11.5. The molecule has 2 rings (SSSR count). The van der Waals surface area contributed by atoms with Crippen LogP contribution in [0, 0.1) is 10.1 Å². The number of piperidine rings is 1. The predicted molar refractivity (Wildman–Crippen MR) is 82.7 cm³/mol. The van der Waals surface area contributed by atoms with Crippen LogP contribution >= 0.6 is 11.6 Å². The normalized spacial score (nSPS) is 22.9. The van der Waals surface area contributed by atoms with Crippen LogP contribution in [0.15, 0.2) is 12.1 Å². The minimum Gasteiger partial charge on any atom is -0.365 e. The Hall–Kier alpha value is -1.29. The fraction of sp³-hybridized carbons (Fsp3) is 0.600. The summed E-state index contributed by atoms with van der Waals surface area (Å²) in [6, 6.07) is 3.98. The van der Waals surface area contributed by atoms with Crippen molar-refractivity contribution in [3.63, 3.8) is 0 Å². The molecule has 4 nitrogen and oxygen atoms in total. The number of hydrogen-bond acceptors (Lipinski definition) is 3. The summed E-state index contributed by atoms with van der Waals surface area (Å²) in [7, 11) is 0. The Balaban J connectivity index is 2.52. The van der Waals surface area contributed by atoms with Crippen molar-refractivity contribution in [2.24, 2.45) is 0 Å². The first kappa shape index (κ1) is 15.1. The van der Waals surface area contributed by atoms with E-state index in [2.05, 4.69) is 18.7 Å². The highest BCUT2D eigenvalue weighted by molar-refractivity contribution is 6.33. The molecule has 1 aliphatic rings. The van der Waals surface area contributed by atoms with E-state index in [-0.39, 0.29) is 10.6 Å². The summed E-state index contributed by atoms with van der Waals surface area (Å²) in [5.74, 6) is 0. The number of hydrogen-bond donors (Lipinski definition) is 0. The third kappa shape index (κ3) is 2.75. The molecule has 0 saturated carbocycles. The van der Waals surface area contributed by atoms with Crippen LogP contribution in [0.25, 0.3) is 0 Å².